The van der Waals surface area contributed by atoms with E-state index in [4.69, 9.17) is 19.2 Å². The van der Waals surface area contributed by atoms with Crippen molar-refractivity contribution in [1.29, 1.82) is 0 Å². The van der Waals surface area contributed by atoms with Gasteiger partial charge in [-0.05, 0) is 12.0 Å². The average molecular weight is 402 g/mol. The van der Waals surface area contributed by atoms with E-state index in [-0.39, 0.29) is 6.09 Å². The van der Waals surface area contributed by atoms with Gasteiger partial charge in [-0.1, -0.05) is 20.8 Å². The first-order chi connectivity index (χ1) is 14.0. The molecule has 2 aromatic rings. The predicted octanol–water partition coefficient (Wildman–Crippen LogP) is 3.12. The molecule has 3 rings (SSSR count). The molecule has 1 aromatic carbocycles. The van der Waals surface area contributed by atoms with Crippen LogP contribution < -0.4 is 14.4 Å². The first-order valence-corrected chi connectivity index (χ1v) is 10.1. The summed E-state index contributed by atoms with van der Waals surface area (Å²) in [5.74, 6) is 3.25. The fraction of sp³-hybridized carbons (Fsp3) is 0.571. The van der Waals surface area contributed by atoms with Crippen molar-refractivity contribution in [1.82, 2.24) is 14.9 Å². The number of hydrogen-bond acceptors (Lipinski definition) is 7. The summed E-state index contributed by atoms with van der Waals surface area (Å²) in [6.45, 7) is 9.08. The molecule has 1 aliphatic heterocycles. The van der Waals surface area contributed by atoms with Crippen LogP contribution in [-0.2, 0) is 11.2 Å². The van der Waals surface area contributed by atoms with Gasteiger partial charge < -0.3 is 24.0 Å². The lowest BCUT2D eigenvalue weighted by Crippen LogP contribution is -2.49. The van der Waals surface area contributed by atoms with Crippen molar-refractivity contribution in [3.8, 4) is 11.5 Å². The number of hydrogen-bond donors (Lipinski definition) is 0. The zero-order chi connectivity index (χ0) is 21.0. The average Bonchev–Trinajstić information content (AvgIpc) is 2.75. The van der Waals surface area contributed by atoms with E-state index < -0.39 is 0 Å². The minimum Gasteiger partial charge on any atom is -0.493 e. The number of amides is 1. The van der Waals surface area contributed by atoms with E-state index in [0.29, 0.717) is 50.2 Å². The van der Waals surface area contributed by atoms with E-state index in [0.717, 1.165) is 29.0 Å². The summed E-state index contributed by atoms with van der Waals surface area (Å²) in [4.78, 5) is 25.6. The predicted molar refractivity (Wildman–Crippen MR) is 112 cm³/mol. The van der Waals surface area contributed by atoms with Crippen molar-refractivity contribution >= 4 is 22.8 Å². The highest BCUT2D eigenvalue weighted by Gasteiger charge is 2.25. The second kappa shape index (κ2) is 9.15. The standard InChI is InChI=1S/C21H30N4O4/c1-6-19-22-16-12-18(28-5)17(27-4)11-15(16)20(23-19)24-7-9-25(10-8-24)21(26)29-13-14(2)3/h11-12,14H,6-10,13H2,1-5H3. The Morgan fingerprint density at radius 2 is 1.72 bits per heavy atom. The molecule has 8 heteroatoms. The number of rotatable bonds is 6. The molecule has 1 aromatic heterocycles. The Labute approximate surface area is 171 Å². The van der Waals surface area contributed by atoms with E-state index in [1.54, 1.807) is 19.1 Å². The fourth-order valence-corrected chi connectivity index (χ4v) is 3.32. The SMILES string of the molecule is CCc1nc(N2CCN(C(=O)OCC(C)C)CC2)c2cc(OC)c(OC)cc2n1. The molecule has 1 aliphatic rings. The molecule has 2 heterocycles. The number of nitrogens with zero attached hydrogens (tertiary/aromatic N) is 4. The Bertz CT molecular complexity index is 863. The molecular formula is C21H30N4O4. The third kappa shape index (κ3) is 4.63. The van der Waals surface area contributed by atoms with Gasteiger partial charge in [-0.25, -0.2) is 14.8 Å². The number of methoxy groups -OCH3 is 2. The highest BCUT2D eigenvalue weighted by atomic mass is 16.6. The summed E-state index contributed by atoms with van der Waals surface area (Å²) >= 11 is 0. The van der Waals surface area contributed by atoms with Crippen LogP contribution in [0, 0.1) is 5.92 Å². The zero-order valence-corrected chi connectivity index (χ0v) is 17.9. The normalized spacial score (nSPS) is 14.4. The monoisotopic (exact) mass is 402 g/mol. The van der Waals surface area contributed by atoms with Crippen LogP contribution in [0.25, 0.3) is 10.9 Å². The Morgan fingerprint density at radius 1 is 1.07 bits per heavy atom. The minimum atomic E-state index is -0.244. The number of piperazine rings is 1. The number of aromatic nitrogens is 2. The summed E-state index contributed by atoms with van der Waals surface area (Å²) in [7, 11) is 3.23. The summed E-state index contributed by atoms with van der Waals surface area (Å²) in [5.41, 5.74) is 0.822. The largest absolute Gasteiger partial charge is 0.493 e. The minimum absolute atomic E-state index is 0.244. The molecule has 0 bridgehead atoms. The summed E-state index contributed by atoms with van der Waals surface area (Å²) in [6, 6.07) is 3.81. The van der Waals surface area contributed by atoms with Crippen molar-refractivity contribution in [2.24, 2.45) is 5.92 Å². The lowest BCUT2D eigenvalue weighted by atomic mass is 10.1. The van der Waals surface area contributed by atoms with E-state index in [1.165, 1.54) is 0 Å². The Morgan fingerprint density at radius 3 is 2.31 bits per heavy atom. The van der Waals surface area contributed by atoms with Crippen LogP contribution in [0.2, 0.25) is 0 Å². The van der Waals surface area contributed by atoms with Gasteiger partial charge in [0.2, 0.25) is 0 Å². The van der Waals surface area contributed by atoms with Crippen molar-refractivity contribution in [2.75, 3.05) is 51.9 Å². The molecule has 0 atom stereocenters. The number of carbonyl (C=O) groups is 1. The maximum absolute atomic E-state index is 12.2. The topological polar surface area (TPSA) is 77.0 Å². The lowest BCUT2D eigenvalue weighted by molar-refractivity contribution is 0.0901. The van der Waals surface area contributed by atoms with Gasteiger partial charge in [-0.2, -0.15) is 0 Å². The van der Waals surface area contributed by atoms with Crippen LogP contribution in [-0.4, -0.2) is 68.0 Å². The van der Waals surface area contributed by atoms with Gasteiger partial charge in [0.15, 0.2) is 11.5 Å². The first-order valence-electron chi connectivity index (χ1n) is 10.1. The zero-order valence-electron chi connectivity index (χ0n) is 17.9. The maximum Gasteiger partial charge on any atom is 0.409 e. The van der Waals surface area contributed by atoms with Crippen molar-refractivity contribution in [3.63, 3.8) is 0 Å². The van der Waals surface area contributed by atoms with Crippen LogP contribution in [0.4, 0.5) is 10.6 Å². The smallest absolute Gasteiger partial charge is 0.409 e. The molecule has 1 fully saturated rings. The molecule has 0 radical (unpaired) electrons. The summed E-state index contributed by atoms with van der Waals surface area (Å²) < 4.78 is 16.3. The van der Waals surface area contributed by atoms with E-state index in [9.17, 15) is 4.79 Å². The fourth-order valence-electron chi connectivity index (χ4n) is 3.32. The van der Waals surface area contributed by atoms with Gasteiger partial charge in [0.1, 0.15) is 11.6 Å². The quantitative estimate of drug-likeness (QED) is 0.735. The molecule has 0 N–H and O–H groups in total. The van der Waals surface area contributed by atoms with Crippen molar-refractivity contribution < 1.29 is 19.0 Å². The second-order valence-corrected chi connectivity index (χ2v) is 7.49. The molecule has 0 spiro atoms. The number of fused-ring (bicyclic) bond motifs is 1. The third-order valence-electron chi connectivity index (χ3n) is 4.92. The first kappa shape index (κ1) is 21.0. The van der Waals surface area contributed by atoms with E-state index in [1.807, 2.05) is 32.9 Å². The molecule has 1 saturated heterocycles. The Balaban J connectivity index is 1.85. The Kier molecular flexibility index (Phi) is 6.61. The van der Waals surface area contributed by atoms with Gasteiger partial charge in [0, 0.05) is 44.1 Å². The summed E-state index contributed by atoms with van der Waals surface area (Å²) in [5, 5.41) is 0.913. The number of carbonyl (C=O) groups excluding carboxylic acids is 1. The highest BCUT2D eigenvalue weighted by molar-refractivity contribution is 5.92. The van der Waals surface area contributed by atoms with Gasteiger partial charge in [-0.3, -0.25) is 0 Å². The highest BCUT2D eigenvalue weighted by Crippen LogP contribution is 2.35. The molecule has 0 aliphatic carbocycles. The van der Waals surface area contributed by atoms with Crippen LogP contribution in [0.3, 0.4) is 0 Å². The second-order valence-electron chi connectivity index (χ2n) is 7.49. The number of ether oxygens (including phenoxy) is 3. The van der Waals surface area contributed by atoms with Crippen LogP contribution in [0.15, 0.2) is 12.1 Å². The molecule has 29 heavy (non-hydrogen) atoms. The van der Waals surface area contributed by atoms with Gasteiger partial charge in [0.25, 0.3) is 0 Å². The Hall–Kier alpha value is -2.77. The number of benzene rings is 1. The molecule has 8 nitrogen and oxygen atoms in total. The van der Waals surface area contributed by atoms with Crippen molar-refractivity contribution in [3.05, 3.63) is 18.0 Å². The van der Waals surface area contributed by atoms with Crippen molar-refractivity contribution in [2.45, 2.75) is 27.2 Å². The third-order valence-corrected chi connectivity index (χ3v) is 4.92. The van der Waals surface area contributed by atoms with Gasteiger partial charge >= 0.3 is 6.09 Å². The molecule has 0 saturated carbocycles. The van der Waals surface area contributed by atoms with Crippen LogP contribution in [0.5, 0.6) is 11.5 Å². The van der Waals surface area contributed by atoms with Gasteiger partial charge in [0.05, 0.1) is 26.3 Å². The number of aryl methyl sites for hydroxylation is 1. The molecule has 0 unspecified atom stereocenters. The van der Waals surface area contributed by atoms with E-state index in [2.05, 4.69) is 9.88 Å². The lowest BCUT2D eigenvalue weighted by Gasteiger charge is -2.35. The summed E-state index contributed by atoms with van der Waals surface area (Å²) in [6.07, 6.45) is 0.491. The number of anilines is 1. The van der Waals surface area contributed by atoms with E-state index >= 15 is 0 Å². The molecular weight excluding hydrogens is 372 g/mol. The molecule has 1 amide bonds. The molecule has 158 valence electrons. The van der Waals surface area contributed by atoms with Crippen LogP contribution in [0.1, 0.15) is 26.6 Å². The van der Waals surface area contributed by atoms with Gasteiger partial charge in [-0.15, -0.1) is 0 Å². The van der Waals surface area contributed by atoms with Crippen LogP contribution >= 0.6 is 0 Å². The maximum atomic E-state index is 12.2.